The molecule has 35 heavy (non-hydrogen) atoms. The summed E-state index contributed by atoms with van der Waals surface area (Å²) in [4.78, 5) is 22.4. The Balaban J connectivity index is 1.51. The summed E-state index contributed by atoms with van der Waals surface area (Å²) in [5.74, 6) is 1.87. The summed E-state index contributed by atoms with van der Waals surface area (Å²) in [6.45, 7) is 7.56. The molecule has 1 amide bonds. The molecule has 0 saturated heterocycles. The molecular formula is C24H28ClN7O2S. The number of hydrogen-bond donors (Lipinski definition) is 2. The van der Waals surface area contributed by atoms with E-state index in [0.29, 0.717) is 45.8 Å². The molecule has 0 bridgehead atoms. The number of thioether (sulfide) groups is 1. The molecule has 2 N–H and O–H groups in total. The molecule has 0 aliphatic rings. The molecular weight excluding hydrogens is 486 g/mol. The Kier molecular flexibility index (Phi) is 8.25. The van der Waals surface area contributed by atoms with Crippen LogP contribution in [-0.2, 0) is 6.54 Å². The van der Waals surface area contributed by atoms with Crippen molar-refractivity contribution in [3.8, 4) is 11.3 Å². The van der Waals surface area contributed by atoms with Crippen molar-refractivity contribution in [3.05, 3.63) is 46.8 Å². The number of halogens is 1. The normalized spacial score (nSPS) is 11.2. The molecule has 3 aromatic heterocycles. The molecule has 4 aromatic rings. The second-order valence-corrected chi connectivity index (χ2v) is 9.40. The van der Waals surface area contributed by atoms with E-state index in [2.05, 4.69) is 39.7 Å². The predicted octanol–water partition coefficient (Wildman–Crippen LogP) is 5.20. The van der Waals surface area contributed by atoms with Gasteiger partial charge in [0.1, 0.15) is 22.8 Å². The molecule has 3 heterocycles. The van der Waals surface area contributed by atoms with Gasteiger partial charge in [-0.15, -0.1) is 0 Å². The number of aryl methyl sites for hydroxylation is 1. The summed E-state index contributed by atoms with van der Waals surface area (Å²) >= 11 is 7.94. The number of hydrogen-bond acceptors (Lipinski definition) is 8. The molecule has 0 fully saturated rings. The largest absolute Gasteiger partial charge is 0.369 e. The van der Waals surface area contributed by atoms with Crippen molar-refractivity contribution < 1.29 is 9.32 Å². The second-order valence-electron chi connectivity index (χ2n) is 7.93. The zero-order valence-electron chi connectivity index (χ0n) is 20.0. The monoisotopic (exact) mass is 513 g/mol. The van der Waals surface area contributed by atoms with E-state index in [1.165, 1.54) is 0 Å². The highest BCUT2D eigenvalue weighted by molar-refractivity contribution is 7.99. The van der Waals surface area contributed by atoms with Crippen LogP contribution in [0.3, 0.4) is 0 Å². The molecule has 0 aliphatic heterocycles. The van der Waals surface area contributed by atoms with Crippen molar-refractivity contribution in [2.24, 2.45) is 0 Å². The van der Waals surface area contributed by atoms with Crippen LogP contribution in [-0.4, -0.2) is 49.7 Å². The van der Waals surface area contributed by atoms with Gasteiger partial charge >= 0.3 is 0 Å². The van der Waals surface area contributed by atoms with Gasteiger partial charge in [0.15, 0.2) is 10.8 Å². The lowest BCUT2D eigenvalue weighted by Gasteiger charge is -2.10. The van der Waals surface area contributed by atoms with Crippen molar-refractivity contribution in [3.63, 3.8) is 0 Å². The Morgan fingerprint density at radius 1 is 1.17 bits per heavy atom. The van der Waals surface area contributed by atoms with Crippen molar-refractivity contribution >= 4 is 46.1 Å². The number of rotatable bonds is 11. The lowest BCUT2D eigenvalue weighted by atomic mass is 10.1. The van der Waals surface area contributed by atoms with E-state index in [1.54, 1.807) is 35.6 Å². The Morgan fingerprint density at radius 2 is 2.00 bits per heavy atom. The van der Waals surface area contributed by atoms with Gasteiger partial charge in [-0.3, -0.25) is 4.79 Å². The minimum atomic E-state index is -0.283. The smallest absolute Gasteiger partial charge is 0.257 e. The highest BCUT2D eigenvalue weighted by atomic mass is 35.5. The first-order valence-electron chi connectivity index (χ1n) is 11.6. The molecule has 0 saturated carbocycles. The first-order chi connectivity index (χ1) is 17.0. The van der Waals surface area contributed by atoms with E-state index in [4.69, 9.17) is 21.1 Å². The van der Waals surface area contributed by atoms with E-state index in [9.17, 15) is 4.79 Å². The van der Waals surface area contributed by atoms with Crippen molar-refractivity contribution in [2.45, 2.75) is 45.3 Å². The number of carbonyl (C=O) groups excluding carboxylic acids is 1. The first kappa shape index (κ1) is 25.0. The average molecular weight is 514 g/mol. The third-order valence-corrected chi connectivity index (χ3v) is 6.66. The molecule has 1 aromatic carbocycles. The molecule has 0 spiro atoms. The maximum absolute atomic E-state index is 13.0. The molecule has 184 valence electrons. The number of anilines is 1. The van der Waals surface area contributed by atoms with Gasteiger partial charge in [-0.05, 0) is 25.8 Å². The van der Waals surface area contributed by atoms with Crippen LogP contribution in [0.4, 0.5) is 5.82 Å². The Bertz CT molecular complexity index is 1320. The summed E-state index contributed by atoms with van der Waals surface area (Å²) in [5, 5.41) is 17.0. The number of amides is 1. The van der Waals surface area contributed by atoms with Crippen LogP contribution in [0.25, 0.3) is 22.3 Å². The number of nitrogens with zero attached hydrogens (tertiary/aromatic N) is 5. The predicted molar refractivity (Wildman–Crippen MR) is 139 cm³/mol. The topological polar surface area (TPSA) is 111 Å². The summed E-state index contributed by atoms with van der Waals surface area (Å²) < 4.78 is 7.11. The fourth-order valence-electron chi connectivity index (χ4n) is 3.58. The quantitative estimate of drug-likeness (QED) is 0.208. The third kappa shape index (κ3) is 5.59. The average Bonchev–Trinajstić information content (AvgIpc) is 3.45. The highest BCUT2D eigenvalue weighted by Gasteiger charge is 2.23. The summed E-state index contributed by atoms with van der Waals surface area (Å²) in [5.41, 5.74) is 2.18. The molecule has 11 heteroatoms. The molecule has 0 radical (unpaired) electrons. The summed E-state index contributed by atoms with van der Waals surface area (Å²) in [6.07, 6.45) is 3.79. The number of aromatic nitrogens is 5. The molecule has 4 rings (SSSR count). The number of carbonyl (C=O) groups is 1. The van der Waals surface area contributed by atoms with Crippen LogP contribution in [0.1, 0.15) is 42.8 Å². The van der Waals surface area contributed by atoms with Crippen LogP contribution < -0.4 is 10.6 Å². The zero-order chi connectivity index (χ0) is 24.8. The van der Waals surface area contributed by atoms with Gasteiger partial charge in [0.25, 0.3) is 5.91 Å². The minimum Gasteiger partial charge on any atom is -0.369 e. The molecule has 0 atom stereocenters. The lowest BCUT2D eigenvalue weighted by molar-refractivity contribution is 0.0951. The minimum absolute atomic E-state index is 0.283. The third-order valence-electron chi connectivity index (χ3n) is 5.28. The Hall–Kier alpha value is -3.11. The van der Waals surface area contributed by atoms with E-state index < -0.39 is 0 Å². The fourth-order valence-corrected chi connectivity index (χ4v) is 4.49. The maximum atomic E-state index is 13.0. The van der Waals surface area contributed by atoms with Crippen LogP contribution in [0.5, 0.6) is 0 Å². The maximum Gasteiger partial charge on any atom is 0.257 e. The molecule has 0 aliphatic carbocycles. The second kappa shape index (κ2) is 11.5. The van der Waals surface area contributed by atoms with Gasteiger partial charge in [-0.2, -0.15) is 5.10 Å². The van der Waals surface area contributed by atoms with Crippen LogP contribution in [0, 0.1) is 6.92 Å². The van der Waals surface area contributed by atoms with Crippen molar-refractivity contribution in [1.29, 1.82) is 0 Å². The van der Waals surface area contributed by atoms with Gasteiger partial charge in [-0.1, -0.05) is 60.6 Å². The van der Waals surface area contributed by atoms with Gasteiger partial charge in [0.05, 0.1) is 23.2 Å². The first-order valence-corrected chi connectivity index (χ1v) is 13.0. The summed E-state index contributed by atoms with van der Waals surface area (Å²) in [6, 6.07) is 7.23. The van der Waals surface area contributed by atoms with Gasteiger partial charge in [0, 0.05) is 24.4 Å². The number of fused-ring (bicyclic) bond motifs is 1. The van der Waals surface area contributed by atoms with E-state index in [0.717, 1.165) is 42.0 Å². The zero-order valence-corrected chi connectivity index (χ0v) is 21.5. The van der Waals surface area contributed by atoms with Crippen molar-refractivity contribution in [1.82, 2.24) is 30.2 Å². The van der Waals surface area contributed by atoms with Crippen LogP contribution >= 0.6 is 23.4 Å². The van der Waals surface area contributed by atoms with E-state index in [1.807, 2.05) is 18.2 Å². The number of benzene rings is 1. The Morgan fingerprint density at radius 3 is 2.77 bits per heavy atom. The highest BCUT2D eigenvalue weighted by Crippen LogP contribution is 2.31. The van der Waals surface area contributed by atoms with Gasteiger partial charge < -0.3 is 15.2 Å². The SMILES string of the molecule is CCCNc1nc(SCCC)nc2c1cnn2CCNC(=O)c1c(-c2ccccc2Cl)noc1C. The van der Waals surface area contributed by atoms with Crippen LogP contribution in [0.15, 0.2) is 40.1 Å². The van der Waals surface area contributed by atoms with Gasteiger partial charge in [0.2, 0.25) is 0 Å². The molecule has 0 unspecified atom stereocenters. The standard InChI is InChI=1S/C24H28ClN7O2S/c1-4-10-26-21-17-14-28-32(22(17)30-24(29-21)35-13-5-2)12-11-27-23(33)19-15(3)34-31-20(19)16-8-6-7-9-18(16)25/h6-9,14H,4-5,10-13H2,1-3H3,(H,27,33)(H,26,29,30). The Labute approximate surface area is 213 Å². The molecule has 9 nitrogen and oxygen atoms in total. The lowest BCUT2D eigenvalue weighted by Crippen LogP contribution is -2.28. The summed E-state index contributed by atoms with van der Waals surface area (Å²) in [7, 11) is 0. The van der Waals surface area contributed by atoms with Crippen LogP contribution in [0.2, 0.25) is 5.02 Å². The number of nitrogens with one attached hydrogen (secondary N) is 2. The van der Waals surface area contributed by atoms with E-state index in [-0.39, 0.29) is 5.91 Å². The fraction of sp³-hybridized carbons (Fsp3) is 0.375. The van der Waals surface area contributed by atoms with Crippen molar-refractivity contribution in [2.75, 3.05) is 24.2 Å². The van der Waals surface area contributed by atoms with Gasteiger partial charge in [-0.25, -0.2) is 14.6 Å². The van der Waals surface area contributed by atoms with E-state index >= 15 is 0 Å².